The third-order valence-corrected chi connectivity index (χ3v) is 1.28. The summed E-state index contributed by atoms with van der Waals surface area (Å²) in [5.41, 5.74) is 0. The zero-order valence-electron chi connectivity index (χ0n) is 7.51. The first-order valence-corrected chi connectivity index (χ1v) is 4.00. The molecule has 14 heavy (non-hydrogen) atoms. The van der Waals surface area contributed by atoms with Crippen LogP contribution in [0.15, 0.2) is 24.0 Å². The molecule has 0 spiro atoms. The summed E-state index contributed by atoms with van der Waals surface area (Å²) in [6.07, 6.45) is 4.16. The molecule has 0 aromatic rings. The van der Waals surface area contributed by atoms with Crippen LogP contribution in [0.4, 0.5) is 0 Å². The summed E-state index contributed by atoms with van der Waals surface area (Å²) >= 11 is 0. The largest absolute Gasteiger partial charge is 0.512 e. The molecule has 0 radical (unpaired) electrons. The van der Waals surface area contributed by atoms with Crippen molar-refractivity contribution in [3.63, 3.8) is 0 Å². The van der Waals surface area contributed by atoms with Crippen LogP contribution in [-0.4, -0.2) is 27.3 Å². The van der Waals surface area contributed by atoms with Crippen molar-refractivity contribution in [1.29, 1.82) is 0 Å². The van der Waals surface area contributed by atoms with Crippen molar-refractivity contribution in [2.24, 2.45) is 0 Å². The van der Waals surface area contributed by atoms with Gasteiger partial charge in [-0.1, -0.05) is 12.2 Å². The number of carboxylic acids is 2. The Bertz CT molecular complexity index is 264. The van der Waals surface area contributed by atoms with Gasteiger partial charge in [-0.25, -0.2) is 0 Å². The average molecular weight is 200 g/mol. The topological polar surface area (TPSA) is 94.8 Å². The molecule has 0 aliphatic rings. The third kappa shape index (κ3) is 8.32. The van der Waals surface area contributed by atoms with Crippen LogP contribution in [0.1, 0.15) is 19.3 Å². The molecular formula is C9H12O5. The predicted octanol–water partition coefficient (Wildman–Crippen LogP) is 1.32. The Morgan fingerprint density at radius 3 is 2.21 bits per heavy atom. The van der Waals surface area contributed by atoms with Crippen LogP contribution in [0.2, 0.25) is 0 Å². The molecule has 0 aliphatic carbocycles. The second-order valence-electron chi connectivity index (χ2n) is 2.59. The number of carbonyl (C=O) groups is 2. The maximum Gasteiger partial charge on any atom is 0.311 e. The lowest BCUT2D eigenvalue weighted by Crippen LogP contribution is -1.95. The van der Waals surface area contributed by atoms with Crippen LogP contribution in [0.3, 0.4) is 0 Å². The van der Waals surface area contributed by atoms with Crippen LogP contribution < -0.4 is 0 Å². The first kappa shape index (κ1) is 12.2. The molecule has 0 bridgehead atoms. The van der Waals surface area contributed by atoms with E-state index in [0.717, 1.165) is 0 Å². The first-order valence-electron chi connectivity index (χ1n) is 4.00. The van der Waals surface area contributed by atoms with Crippen molar-refractivity contribution in [3.05, 3.63) is 24.0 Å². The van der Waals surface area contributed by atoms with Crippen molar-refractivity contribution in [2.75, 3.05) is 0 Å². The fourth-order valence-corrected chi connectivity index (χ4v) is 0.696. The van der Waals surface area contributed by atoms with E-state index >= 15 is 0 Å². The quantitative estimate of drug-likeness (QED) is 0.444. The second kappa shape index (κ2) is 6.71. The molecule has 0 saturated carbocycles. The summed E-state index contributed by atoms with van der Waals surface area (Å²) in [5, 5.41) is 25.5. The van der Waals surface area contributed by atoms with Crippen molar-refractivity contribution in [3.8, 4) is 0 Å². The van der Waals surface area contributed by atoms with E-state index in [1.54, 1.807) is 6.08 Å². The van der Waals surface area contributed by atoms with Gasteiger partial charge in [0.25, 0.3) is 0 Å². The second-order valence-corrected chi connectivity index (χ2v) is 2.59. The van der Waals surface area contributed by atoms with Crippen LogP contribution in [-0.2, 0) is 9.59 Å². The van der Waals surface area contributed by atoms with Crippen LogP contribution in [0, 0.1) is 0 Å². The number of hydrogen-bond donors (Lipinski definition) is 3. The van der Waals surface area contributed by atoms with E-state index in [-0.39, 0.29) is 12.2 Å². The van der Waals surface area contributed by atoms with Crippen LogP contribution in [0.5, 0.6) is 0 Å². The van der Waals surface area contributed by atoms with Crippen LogP contribution in [0.25, 0.3) is 0 Å². The molecule has 3 N–H and O–H groups in total. The normalized spacial score (nSPS) is 11.9. The summed E-state index contributed by atoms with van der Waals surface area (Å²) in [4.78, 5) is 20.2. The lowest BCUT2D eigenvalue weighted by Gasteiger charge is -1.91. The molecule has 0 aromatic heterocycles. The highest BCUT2D eigenvalue weighted by atomic mass is 16.4. The van der Waals surface area contributed by atoms with E-state index in [4.69, 9.17) is 15.3 Å². The maximum absolute atomic E-state index is 10.1. The average Bonchev–Trinajstić information content (AvgIpc) is 2.01. The Balaban J connectivity index is 3.78. The summed E-state index contributed by atoms with van der Waals surface area (Å²) in [5.74, 6) is -2.27. The molecule has 0 saturated heterocycles. The summed E-state index contributed by atoms with van der Waals surface area (Å²) < 4.78 is 0. The van der Waals surface area contributed by atoms with Gasteiger partial charge in [-0.05, 0) is 12.5 Å². The standard InChI is InChI=1S/C9H12O5/c10-7(6-9(13)14)4-2-1-3-5-8(11)12/h1-2,4,10H,3,5-6H2,(H,11,12)(H,13,14). The molecule has 0 aromatic carbocycles. The Morgan fingerprint density at radius 2 is 1.71 bits per heavy atom. The molecule has 0 amide bonds. The van der Waals surface area contributed by atoms with Crippen molar-refractivity contribution in [1.82, 2.24) is 0 Å². The highest BCUT2D eigenvalue weighted by Gasteiger charge is 1.98. The molecule has 0 aliphatic heterocycles. The van der Waals surface area contributed by atoms with E-state index in [1.165, 1.54) is 12.2 Å². The van der Waals surface area contributed by atoms with Crippen LogP contribution >= 0.6 is 0 Å². The molecule has 78 valence electrons. The third-order valence-electron chi connectivity index (χ3n) is 1.28. The highest BCUT2D eigenvalue weighted by molar-refractivity contribution is 5.69. The number of aliphatic hydroxyl groups is 1. The lowest BCUT2D eigenvalue weighted by atomic mass is 10.2. The van der Waals surface area contributed by atoms with Crippen molar-refractivity contribution >= 4 is 11.9 Å². The number of allylic oxidation sites excluding steroid dienone is 3. The van der Waals surface area contributed by atoms with Gasteiger partial charge >= 0.3 is 11.9 Å². The fourth-order valence-electron chi connectivity index (χ4n) is 0.696. The number of aliphatic hydroxyl groups excluding tert-OH is 1. The SMILES string of the molecule is O=C(O)CCC=CC=C(O)CC(=O)O. The molecule has 5 nitrogen and oxygen atoms in total. The summed E-state index contributed by atoms with van der Waals surface area (Å²) in [6.45, 7) is 0. The number of aliphatic carboxylic acids is 2. The molecule has 0 fully saturated rings. The van der Waals surface area contributed by atoms with E-state index < -0.39 is 18.4 Å². The molecule has 0 heterocycles. The van der Waals surface area contributed by atoms with E-state index in [1.807, 2.05) is 0 Å². The summed E-state index contributed by atoms with van der Waals surface area (Å²) in [6, 6.07) is 0. The van der Waals surface area contributed by atoms with Gasteiger partial charge in [-0.2, -0.15) is 0 Å². The van der Waals surface area contributed by atoms with Crippen molar-refractivity contribution in [2.45, 2.75) is 19.3 Å². The minimum atomic E-state index is -1.11. The zero-order valence-corrected chi connectivity index (χ0v) is 7.51. The van der Waals surface area contributed by atoms with Gasteiger partial charge in [-0.15, -0.1) is 0 Å². The summed E-state index contributed by atoms with van der Waals surface area (Å²) in [7, 11) is 0. The zero-order chi connectivity index (χ0) is 11.0. The minimum Gasteiger partial charge on any atom is -0.512 e. The maximum atomic E-state index is 10.1. The van der Waals surface area contributed by atoms with E-state index in [0.29, 0.717) is 6.42 Å². The Morgan fingerprint density at radius 1 is 1.07 bits per heavy atom. The van der Waals surface area contributed by atoms with Crippen molar-refractivity contribution < 1.29 is 24.9 Å². The van der Waals surface area contributed by atoms with E-state index in [2.05, 4.69) is 0 Å². The molecule has 0 atom stereocenters. The van der Waals surface area contributed by atoms with Gasteiger partial charge in [0.05, 0.1) is 0 Å². The highest BCUT2D eigenvalue weighted by Crippen LogP contribution is 1.97. The lowest BCUT2D eigenvalue weighted by molar-refractivity contribution is -0.137. The van der Waals surface area contributed by atoms with Gasteiger partial charge in [0.2, 0.25) is 0 Å². The molecule has 0 rings (SSSR count). The first-order chi connectivity index (χ1) is 6.52. The minimum absolute atomic E-state index is 0.0179. The molecular weight excluding hydrogens is 188 g/mol. The van der Waals surface area contributed by atoms with Gasteiger partial charge in [0.1, 0.15) is 12.2 Å². The van der Waals surface area contributed by atoms with Gasteiger partial charge in [0, 0.05) is 6.42 Å². The van der Waals surface area contributed by atoms with Gasteiger partial charge < -0.3 is 15.3 Å². The van der Waals surface area contributed by atoms with E-state index in [9.17, 15) is 9.59 Å². The number of rotatable bonds is 6. The number of hydrogen-bond acceptors (Lipinski definition) is 3. The van der Waals surface area contributed by atoms with Gasteiger partial charge in [-0.3, -0.25) is 9.59 Å². The Hall–Kier alpha value is -1.78. The monoisotopic (exact) mass is 200 g/mol. The Labute approximate surface area is 81.0 Å². The smallest absolute Gasteiger partial charge is 0.311 e. The predicted molar refractivity (Wildman–Crippen MR) is 49.0 cm³/mol. The number of carboxylic acid groups (broad SMARTS) is 2. The molecule has 5 heteroatoms. The fraction of sp³-hybridized carbons (Fsp3) is 0.333. The van der Waals surface area contributed by atoms with Gasteiger partial charge in [0.15, 0.2) is 0 Å². The molecule has 0 unspecified atom stereocenters. The Kier molecular flexibility index (Phi) is 5.85.